The van der Waals surface area contributed by atoms with Crippen molar-refractivity contribution in [1.82, 2.24) is 4.98 Å². The lowest BCUT2D eigenvalue weighted by atomic mass is 9.95. The van der Waals surface area contributed by atoms with Crippen molar-refractivity contribution in [3.05, 3.63) is 60.3 Å². The molecule has 3 aromatic carbocycles. The Morgan fingerprint density at radius 1 is 0.905 bits per heavy atom. The largest absolute Gasteiger partial charge is 0.354 e. The molecule has 2 heterocycles. The summed E-state index contributed by atoms with van der Waals surface area (Å²) in [5.74, 6) is 0. The second kappa shape index (κ2) is 3.67. The average Bonchev–Trinajstić information content (AvgIpc) is 2.88. The summed E-state index contributed by atoms with van der Waals surface area (Å²) in [6, 6.07) is 17.3. The summed E-state index contributed by atoms with van der Waals surface area (Å²) in [6.45, 7) is 0. The van der Waals surface area contributed by atoms with Crippen LogP contribution in [-0.4, -0.2) is 12.0 Å². The number of benzene rings is 3. The van der Waals surface area contributed by atoms with Crippen molar-refractivity contribution in [3.63, 3.8) is 0 Å². The van der Waals surface area contributed by atoms with Crippen molar-refractivity contribution >= 4 is 44.3 Å². The van der Waals surface area contributed by atoms with Gasteiger partial charge < -0.3 is 9.88 Å². The molecule has 2 heteroatoms. The Morgan fingerprint density at radius 2 is 1.81 bits per heavy atom. The smallest absolute Gasteiger partial charge is 0.0489 e. The molecule has 0 spiro atoms. The van der Waals surface area contributed by atoms with Crippen molar-refractivity contribution in [2.24, 2.45) is 0 Å². The van der Waals surface area contributed by atoms with Gasteiger partial charge in [0.15, 0.2) is 0 Å². The van der Waals surface area contributed by atoms with E-state index in [1.165, 1.54) is 43.8 Å². The molecule has 21 heavy (non-hydrogen) atoms. The topological polar surface area (TPSA) is 19.0 Å². The van der Waals surface area contributed by atoms with Gasteiger partial charge in [-0.15, -0.1) is 0 Å². The first-order chi connectivity index (χ1) is 10.3. The first kappa shape index (κ1) is 11.0. The molecule has 0 amide bonds. The third-order valence-electron chi connectivity index (χ3n) is 4.49. The molecule has 100 valence electrons. The zero-order chi connectivity index (χ0) is 14.0. The second-order valence-corrected chi connectivity index (χ2v) is 5.69. The fourth-order valence-corrected chi connectivity index (χ4v) is 3.54. The van der Waals surface area contributed by atoms with Crippen molar-refractivity contribution < 1.29 is 0 Å². The van der Waals surface area contributed by atoms with Crippen LogP contribution in [0, 0.1) is 0 Å². The van der Waals surface area contributed by atoms with E-state index in [4.69, 9.17) is 0 Å². The minimum atomic E-state index is 1.20. The highest BCUT2D eigenvalue weighted by molar-refractivity contribution is 6.20. The van der Waals surface area contributed by atoms with E-state index in [0.29, 0.717) is 0 Å². The monoisotopic (exact) mass is 270 g/mol. The third kappa shape index (κ3) is 1.32. The van der Waals surface area contributed by atoms with Gasteiger partial charge >= 0.3 is 0 Å². The minimum Gasteiger partial charge on any atom is -0.354 e. The number of aromatic amines is 1. The van der Waals surface area contributed by atoms with Crippen LogP contribution < -0.4 is 4.90 Å². The number of anilines is 1. The molecule has 1 aliphatic heterocycles. The van der Waals surface area contributed by atoms with Crippen LogP contribution in [-0.2, 0) is 0 Å². The van der Waals surface area contributed by atoms with Gasteiger partial charge in [-0.05, 0) is 35.2 Å². The number of hydrogen-bond donors (Lipinski definition) is 1. The van der Waals surface area contributed by atoms with Crippen LogP contribution in [0.1, 0.15) is 5.56 Å². The molecule has 0 unspecified atom stereocenters. The summed E-state index contributed by atoms with van der Waals surface area (Å²) < 4.78 is 0. The summed E-state index contributed by atoms with van der Waals surface area (Å²) in [5, 5.41) is 5.26. The van der Waals surface area contributed by atoms with Gasteiger partial charge in [0.1, 0.15) is 0 Å². The maximum atomic E-state index is 3.55. The number of nitrogens with zero attached hydrogens (tertiary/aromatic N) is 1. The van der Waals surface area contributed by atoms with Crippen LogP contribution >= 0.6 is 0 Å². The number of aromatic nitrogens is 1. The molecular formula is C19H14N2. The van der Waals surface area contributed by atoms with E-state index in [1.54, 1.807) is 0 Å². The molecule has 5 rings (SSSR count). The summed E-state index contributed by atoms with van der Waals surface area (Å²) in [5.41, 5.74) is 5.02. The minimum absolute atomic E-state index is 1.20. The molecule has 0 fully saturated rings. The van der Waals surface area contributed by atoms with Crippen molar-refractivity contribution in [1.29, 1.82) is 0 Å². The Kier molecular flexibility index (Phi) is 1.92. The van der Waals surface area contributed by atoms with E-state index in [0.717, 1.165) is 0 Å². The molecule has 0 radical (unpaired) electrons. The molecule has 0 saturated carbocycles. The Hall–Kier alpha value is -2.74. The predicted molar refractivity (Wildman–Crippen MR) is 90.7 cm³/mol. The number of H-pyrrole nitrogens is 1. The number of hydrogen-bond acceptors (Lipinski definition) is 1. The molecule has 1 aromatic heterocycles. The standard InChI is InChI=1S/C19H14N2/c1-21-10-9-14-18-12(5-4-8-17(18)21)11-16-19(14)13-6-2-3-7-15(13)20-16/h2-11,20H,1H3. The van der Waals surface area contributed by atoms with Gasteiger partial charge in [-0.1, -0.05) is 30.3 Å². The number of rotatable bonds is 0. The first-order valence-electron chi connectivity index (χ1n) is 7.20. The van der Waals surface area contributed by atoms with Gasteiger partial charge in [-0.25, -0.2) is 0 Å². The Morgan fingerprint density at radius 3 is 2.76 bits per heavy atom. The Bertz CT molecular complexity index is 1050. The van der Waals surface area contributed by atoms with Gasteiger partial charge in [0, 0.05) is 46.1 Å². The molecule has 0 aliphatic carbocycles. The van der Waals surface area contributed by atoms with E-state index >= 15 is 0 Å². The second-order valence-electron chi connectivity index (χ2n) is 5.69. The normalized spacial score (nSPS) is 13.7. The summed E-state index contributed by atoms with van der Waals surface area (Å²) >= 11 is 0. The lowest BCUT2D eigenvalue weighted by Gasteiger charge is -2.23. The number of nitrogens with one attached hydrogen (secondary N) is 1. The van der Waals surface area contributed by atoms with Crippen molar-refractivity contribution in [2.45, 2.75) is 0 Å². The summed E-state index contributed by atoms with van der Waals surface area (Å²) in [6.07, 6.45) is 4.39. The molecule has 0 bridgehead atoms. The lowest BCUT2D eigenvalue weighted by molar-refractivity contribution is 1.22. The van der Waals surface area contributed by atoms with Crippen LogP contribution in [0.2, 0.25) is 0 Å². The first-order valence-corrected chi connectivity index (χ1v) is 7.20. The fraction of sp³-hybridized carbons (Fsp3) is 0.0526. The van der Waals surface area contributed by atoms with E-state index in [1.807, 2.05) is 0 Å². The fourth-order valence-electron chi connectivity index (χ4n) is 3.54. The van der Waals surface area contributed by atoms with Crippen LogP contribution in [0.25, 0.3) is 38.7 Å². The van der Waals surface area contributed by atoms with Crippen LogP contribution in [0.15, 0.2) is 54.7 Å². The van der Waals surface area contributed by atoms with E-state index in [9.17, 15) is 0 Å². The molecule has 0 atom stereocenters. The van der Waals surface area contributed by atoms with Crippen molar-refractivity contribution in [2.75, 3.05) is 11.9 Å². The highest BCUT2D eigenvalue weighted by Crippen LogP contribution is 2.40. The van der Waals surface area contributed by atoms with Crippen molar-refractivity contribution in [3.8, 4) is 0 Å². The zero-order valence-corrected chi connectivity index (χ0v) is 11.7. The third-order valence-corrected chi connectivity index (χ3v) is 4.49. The highest BCUT2D eigenvalue weighted by Gasteiger charge is 2.17. The molecule has 1 aliphatic rings. The number of para-hydroxylation sites is 1. The zero-order valence-electron chi connectivity index (χ0n) is 11.7. The van der Waals surface area contributed by atoms with Crippen LogP contribution in [0.5, 0.6) is 0 Å². The molecular weight excluding hydrogens is 256 g/mol. The Balaban J connectivity index is 2.12. The highest BCUT2D eigenvalue weighted by atomic mass is 15.1. The van der Waals surface area contributed by atoms with E-state index in [2.05, 4.69) is 77.7 Å². The van der Waals surface area contributed by atoms with Gasteiger partial charge in [0.2, 0.25) is 0 Å². The molecule has 1 N–H and O–H groups in total. The van der Waals surface area contributed by atoms with Gasteiger partial charge in [-0.3, -0.25) is 0 Å². The average molecular weight is 270 g/mol. The maximum absolute atomic E-state index is 3.55. The van der Waals surface area contributed by atoms with Gasteiger partial charge in [-0.2, -0.15) is 0 Å². The van der Waals surface area contributed by atoms with Gasteiger partial charge in [0.25, 0.3) is 0 Å². The SMILES string of the molecule is CN1C=Cc2c3c1cccc3cc1[nH]c3ccccc3c21. The quantitative estimate of drug-likeness (QED) is 0.482. The number of fused-ring (bicyclic) bond motifs is 4. The molecule has 2 nitrogen and oxygen atoms in total. The molecule has 0 saturated heterocycles. The summed E-state index contributed by atoms with van der Waals surface area (Å²) in [4.78, 5) is 5.74. The predicted octanol–water partition coefficient (Wildman–Crippen LogP) is 4.89. The van der Waals surface area contributed by atoms with Gasteiger partial charge in [0.05, 0.1) is 0 Å². The van der Waals surface area contributed by atoms with E-state index in [-0.39, 0.29) is 0 Å². The van der Waals surface area contributed by atoms with Crippen LogP contribution in [0.3, 0.4) is 0 Å². The molecule has 4 aromatic rings. The maximum Gasteiger partial charge on any atom is 0.0489 e. The lowest BCUT2D eigenvalue weighted by Crippen LogP contribution is -2.11. The van der Waals surface area contributed by atoms with Crippen LogP contribution in [0.4, 0.5) is 5.69 Å². The van der Waals surface area contributed by atoms with E-state index < -0.39 is 0 Å². The summed E-state index contributed by atoms with van der Waals surface area (Å²) in [7, 11) is 2.10. The Labute approximate surface area is 122 Å².